The number of rotatable bonds is 6. The van der Waals surface area contributed by atoms with E-state index in [-0.39, 0.29) is 6.04 Å². The summed E-state index contributed by atoms with van der Waals surface area (Å²) in [5.74, 6) is 0. The van der Waals surface area contributed by atoms with Crippen molar-refractivity contribution < 1.29 is 0 Å². The monoisotopic (exact) mass is 300 g/mol. The first-order valence-corrected chi connectivity index (χ1v) is 8.60. The molecule has 0 saturated heterocycles. The van der Waals surface area contributed by atoms with Crippen molar-refractivity contribution >= 4 is 17.4 Å². The summed E-state index contributed by atoms with van der Waals surface area (Å²) in [5, 5.41) is 0. The molecular formula is C18H24N2S. The first-order valence-electron chi connectivity index (χ1n) is 7.37. The maximum absolute atomic E-state index is 6.09. The van der Waals surface area contributed by atoms with E-state index in [1.807, 2.05) is 0 Å². The van der Waals surface area contributed by atoms with Crippen molar-refractivity contribution in [3.05, 3.63) is 59.7 Å². The van der Waals surface area contributed by atoms with Crippen molar-refractivity contribution in [1.82, 2.24) is 0 Å². The molecule has 0 saturated carbocycles. The van der Waals surface area contributed by atoms with Gasteiger partial charge in [-0.25, -0.2) is 0 Å². The first kappa shape index (κ1) is 15.9. The number of hydrogen-bond donors (Lipinski definition) is 1. The summed E-state index contributed by atoms with van der Waals surface area (Å²) >= 11 is 1.76. The standard InChI is InChI=1S/C18H24N2S/c1-4-20(17-8-6-5-7-14(17)2)18(13-19)15-9-11-16(21-3)12-10-15/h5-12,18H,4,13,19H2,1-3H3. The SMILES string of the molecule is CCN(c1ccccc1C)C(CN)c1ccc(SC)cc1. The van der Waals surface area contributed by atoms with Crippen molar-refractivity contribution in [3.8, 4) is 0 Å². The molecule has 0 fully saturated rings. The highest BCUT2D eigenvalue weighted by Crippen LogP contribution is 2.29. The molecule has 3 heteroatoms. The number of nitrogens with zero attached hydrogens (tertiary/aromatic N) is 1. The lowest BCUT2D eigenvalue weighted by molar-refractivity contribution is 0.641. The van der Waals surface area contributed by atoms with E-state index >= 15 is 0 Å². The predicted octanol–water partition coefficient (Wildman–Crippen LogP) is 4.24. The van der Waals surface area contributed by atoms with Crippen LogP contribution in [0.15, 0.2) is 53.4 Å². The maximum atomic E-state index is 6.09. The molecule has 1 unspecified atom stereocenters. The minimum absolute atomic E-state index is 0.215. The minimum Gasteiger partial charge on any atom is -0.363 e. The molecule has 21 heavy (non-hydrogen) atoms. The van der Waals surface area contributed by atoms with Gasteiger partial charge in [-0.3, -0.25) is 0 Å². The maximum Gasteiger partial charge on any atom is 0.0664 e. The molecule has 0 spiro atoms. The zero-order chi connectivity index (χ0) is 15.2. The first-order chi connectivity index (χ1) is 10.2. The predicted molar refractivity (Wildman–Crippen MR) is 94.2 cm³/mol. The number of nitrogens with two attached hydrogens (primary N) is 1. The van der Waals surface area contributed by atoms with Gasteiger partial charge in [0.1, 0.15) is 0 Å². The highest BCUT2D eigenvalue weighted by atomic mass is 32.2. The summed E-state index contributed by atoms with van der Waals surface area (Å²) in [6.07, 6.45) is 2.10. The Morgan fingerprint density at radius 3 is 2.29 bits per heavy atom. The van der Waals surface area contributed by atoms with Gasteiger partial charge in [-0.2, -0.15) is 0 Å². The molecule has 112 valence electrons. The van der Waals surface area contributed by atoms with Crippen molar-refractivity contribution in [2.75, 3.05) is 24.2 Å². The van der Waals surface area contributed by atoms with Crippen LogP contribution >= 0.6 is 11.8 Å². The molecule has 0 bridgehead atoms. The molecular weight excluding hydrogens is 276 g/mol. The molecule has 2 rings (SSSR count). The molecule has 2 nitrogen and oxygen atoms in total. The van der Waals surface area contributed by atoms with Gasteiger partial charge in [0.15, 0.2) is 0 Å². The van der Waals surface area contributed by atoms with Gasteiger partial charge in [-0.05, 0) is 49.4 Å². The van der Waals surface area contributed by atoms with Crippen LogP contribution in [0.3, 0.4) is 0 Å². The Morgan fingerprint density at radius 2 is 1.76 bits per heavy atom. The van der Waals surface area contributed by atoms with E-state index in [1.165, 1.54) is 21.7 Å². The van der Waals surface area contributed by atoms with Gasteiger partial charge in [-0.15, -0.1) is 11.8 Å². The summed E-state index contributed by atoms with van der Waals surface area (Å²) in [4.78, 5) is 3.68. The lowest BCUT2D eigenvalue weighted by Gasteiger charge is -2.33. The number of para-hydroxylation sites is 1. The smallest absolute Gasteiger partial charge is 0.0664 e. The van der Waals surface area contributed by atoms with Gasteiger partial charge in [-0.1, -0.05) is 30.3 Å². The largest absolute Gasteiger partial charge is 0.363 e. The van der Waals surface area contributed by atoms with Crippen LogP contribution in [0.5, 0.6) is 0 Å². The van der Waals surface area contributed by atoms with Crippen molar-refractivity contribution in [3.63, 3.8) is 0 Å². The summed E-state index contributed by atoms with van der Waals surface area (Å²) in [6, 6.07) is 17.5. The second kappa shape index (κ2) is 7.53. The van der Waals surface area contributed by atoms with Crippen molar-refractivity contribution in [2.24, 2.45) is 5.73 Å². The zero-order valence-electron chi connectivity index (χ0n) is 13.0. The van der Waals surface area contributed by atoms with E-state index in [9.17, 15) is 0 Å². The Kier molecular flexibility index (Phi) is 5.71. The summed E-state index contributed by atoms with van der Waals surface area (Å²) in [7, 11) is 0. The van der Waals surface area contributed by atoms with Gasteiger partial charge in [0.25, 0.3) is 0 Å². The van der Waals surface area contributed by atoms with Crippen LogP contribution in [0, 0.1) is 6.92 Å². The number of hydrogen-bond acceptors (Lipinski definition) is 3. The second-order valence-corrected chi connectivity index (χ2v) is 5.98. The van der Waals surface area contributed by atoms with E-state index in [1.54, 1.807) is 11.8 Å². The number of benzene rings is 2. The molecule has 0 aromatic heterocycles. The fourth-order valence-electron chi connectivity index (χ4n) is 2.71. The van der Waals surface area contributed by atoms with E-state index in [2.05, 4.69) is 73.5 Å². The van der Waals surface area contributed by atoms with E-state index in [0.717, 1.165) is 6.54 Å². The second-order valence-electron chi connectivity index (χ2n) is 5.10. The summed E-state index contributed by atoms with van der Waals surface area (Å²) < 4.78 is 0. The Balaban J connectivity index is 2.35. The Labute approximate surface area is 132 Å². The van der Waals surface area contributed by atoms with Crippen LogP contribution in [-0.4, -0.2) is 19.3 Å². The summed E-state index contributed by atoms with van der Waals surface area (Å²) in [6.45, 7) is 5.89. The average Bonchev–Trinajstić information content (AvgIpc) is 2.54. The highest BCUT2D eigenvalue weighted by molar-refractivity contribution is 7.98. The van der Waals surface area contributed by atoms with Crippen LogP contribution < -0.4 is 10.6 Å². The summed E-state index contributed by atoms with van der Waals surface area (Å²) in [5.41, 5.74) is 9.93. The van der Waals surface area contributed by atoms with Crippen LogP contribution in [0.4, 0.5) is 5.69 Å². The Morgan fingerprint density at radius 1 is 1.10 bits per heavy atom. The number of anilines is 1. The molecule has 0 aliphatic carbocycles. The minimum atomic E-state index is 0.215. The highest BCUT2D eigenvalue weighted by Gasteiger charge is 2.19. The van der Waals surface area contributed by atoms with Gasteiger partial charge in [0, 0.05) is 23.7 Å². The fraction of sp³-hybridized carbons (Fsp3) is 0.333. The number of likely N-dealkylation sites (N-methyl/N-ethyl adjacent to an activating group) is 1. The molecule has 2 aromatic carbocycles. The number of aryl methyl sites for hydroxylation is 1. The average molecular weight is 300 g/mol. The van der Waals surface area contributed by atoms with Crippen molar-refractivity contribution in [1.29, 1.82) is 0 Å². The molecule has 0 heterocycles. The topological polar surface area (TPSA) is 29.3 Å². The third-order valence-electron chi connectivity index (χ3n) is 3.87. The van der Waals surface area contributed by atoms with Crippen LogP contribution in [0.2, 0.25) is 0 Å². The van der Waals surface area contributed by atoms with Gasteiger partial charge in [0.05, 0.1) is 6.04 Å². The zero-order valence-corrected chi connectivity index (χ0v) is 13.9. The third kappa shape index (κ3) is 3.60. The molecule has 0 radical (unpaired) electrons. The van der Waals surface area contributed by atoms with E-state index < -0.39 is 0 Å². The Bertz CT molecular complexity index is 566. The Hall–Kier alpha value is -1.45. The lowest BCUT2D eigenvalue weighted by Crippen LogP contribution is -2.34. The van der Waals surface area contributed by atoms with E-state index in [0.29, 0.717) is 6.54 Å². The molecule has 2 N–H and O–H groups in total. The lowest BCUT2D eigenvalue weighted by atomic mass is 10.0. The normalized spacial score (nSPS) is 12.2. The van der Waals surface area contributed by atoms with Gasteiger partial charge >= 0.3 is 0 Å². The third-order valence-corrected chi connectivity index (χ3v) is 4.61. The fourth-order valence-corrected chi connectivity index (χ4v) is 3.12. The van der Waals surface area contributed by atoms with Crippen LogP contribution in [0.1, 0.15) is 24.1 Å². The van der Waals surface area contributed by atoms with E-state index in [4.69, 9.17) is 5.73 Å². The number of thioether (sulfide) groups is 1. The quantitative estimate of drug-likeness (QED) is 0.809. The molecule has 2 aromatic rings. The van der Waals surface area contributed by atoms with Crippen LogP contribution in [-0.2, 0) is 0 Å². The molecule has 0 aliphatic heterocycles. The van der Waals surface area contributed by atoms with Crippen molar-refractivity contribution in [2.45, 2.75) is 24.8 Å². The molecule has 1 atom stereocenters. The molecule has 0 amide bonds. The van der Waals surface area contributed by atoms with Gasteiger partial charge < -0.3 is 10.6 Å². The molecule has 0 aliphatic rings. The van der Waals surface area contributed by atoms with Crippen LogP contribution in [0.25, 0.3) is 0 Å². The van der Waals surface area contributed by atoms with Gasteiger partial charge in [0.2, 0.25) is 0 Å².